The van der Waals surface area contributed by atoms with E-state index >= 15 is 0 Å². The smallest absolute Gasteiger partial charge is 0.413 e. The lowest BCUT2D eigenvalue weighted by Crippen LogP contribution is -2.56. The Morgan fingerprint density at radius 3 is 2.44 bits per heavy atom. The summed E-state index contributed by atoms with van der Waals surface area (Å²) in [5.74, 6) is -2.56. The summed E-state index contributed by atoms with van der Waals surface area (Å²) in [6.07, 6.45) is -0.417. The molecule has 0 bridgehead atoms. The van der Waals surface area contributed by atoms with Crippen LogP contribution in [0.2, 0.25) is 0 Å². The fourth-order valence-electron chi connectivity index (χ4n) is 3.53. The van der Waals surface area contributed by atoms with Crippen molar-refractivity contribution in [3.05, 3.63) is 53.7 Å². The number of hydrogen-bond donors (Lipinski definition) is 3. The maximum Gasteiger partial charge on any atom is 0.413 e. The van der Waals surface area contributed by atoms with Crippen molar-refractivity contribution >= 4 is 29.4 Å². The van der Waals surface area contributed by atoms with Gasteiger partial charge in [0.25, 0.3) is 5.91 Å². The lowest BCUT2D eigenvalue weighted by molar-refractivity contribution is -0.130. The van der Waals surface area contributed by atoms with Crippen LogP contribution in [-0.2, 0) is 20.7 Å². The Kier molecular flexibility index (Phi) is 7.77. The third-order valence-electron chi connectivity index (χ3n) is 5.42. The number of halogens is 2. The zero-order valence-corrected chi connectivity index (χ0v) is 19.3. The first-order valence-electron chi connectivity index (χ1n) is 10.8. The van der Waals surface area contributed by atoms with Gasteiger partial charge in [0.05, 0.1) is 6.04 Å². The van der Waals surface area contributed by atoms with Crippen LogP contribution in [0.15, 0.2) is 36.5 Å². The standard InChI is InChI=1S/C23H27F2N5O4/c1-12(2)19(29-21(31)13(3)26-4)22(32)30-18(8-14-6-5-7-27-20(14)30)34-23(33)28-17-10-15(24)9-16(25)11-17/h5-7,9-13,18-19,26H,8H2,1-4H3,(H,28,33)(H,29,31)/t13-,18-,19-/m0/s1. The van der Waals surface area contributed by atoms with Crippen LogP contribution in [0, 0.1) is 17.6 Å². The summed E-state index contributed by atoms with van der Waals surface area (Å²) in [6.45, 7) is 5.22. The average molecular weight is 475 g/mol. The molecule has 1 aromatic heterocycles. The average Bonchev–Trinajstić information content (AvgIpc) is 3.12. The number of aromatic nitrogens is 1. The molecule has 3 amide bonds. The summed E-state index contributed by atoms with van der Waals surface area (Å²) in [5, 5.41) is 7.83. The van der Waals surface area contributed by atoms with Crippen molar-refractivity contribution in [3.63, 3.8) is 0 Å². The second-order valence-corrected chi connectivity index (χ2v) is 8.28. The zero-order valence-electron chi connectivity index (χ0n) is 19.3. The number of rotatable bonds is 7. The summed E-state index contributed by atoms with van der Waals surface area (Å²) >= 11 is 0. The Morgan fingerprint density at radius 1 is 1.15 bits per heavy atom. The lowest BCUT2D eigenvalue weighted by atomic mass is 10.0. The Morgan fingerprint density at radius 2 is 1.82 bits per heavy atom. The molecule has 0 unspecified atom stereocenters. The van der Waals surface area contributed by atoms with Gasteiger partial charge in [0.1, 0.15) is 23.5 Å². The summed E-state index contributed by atoms with van der Waals surface area (Å²) in [5.41, 5.74) is 0.533. The van der Waals surface area contributed by atoms with E-state index < -0.39 is 41.9 Å². The van der Waals surface area contributed by atoms with Crippen molar-refractivity contribution in [1.29, 1.82) is 0 Å². The number of amides is 3. The Hall–Kier alpha value is -3.60. The quantitative estimate of drug-likeness (QED) is 0.568. The van der Waals surface area contributed by atoms with Crippen molar-refractivity contribution in [3.8, 4) is 0 Å². The van der Waals surface area contributed by atoms with E-state index in [0.717, 1.165) is 12.1 Å². The molecule has 0 spiro atoms. The van der Waals surface area contributed by atoms with Crippen molar-refractivity contribution in [1.82, 2.24) is 15.6 Å². The number of fused-ring (bicyclic) bond motifs is 1. The number of benzene rings is 1. The van der Waals surface area contributed by atoms with Gasteiger partial charge in [-0.1, -0.05) is 19.9 Å². The van der Waals surface area contributed by atoms with Gasteiger partial charge in [-0.25, -0.2) is 18.6 Å². The first-order chi connectivity index (χ1) is 16.1. The molecule has 1 aliphatic heterocycles. The molecule has 3 atom stereocenters. The third kappa shape index (κ3) is 5.66. The van der Waals surface area contributed by atoms with Gasteiger partial charge in [0, 0.05) is 29.9 Å². The molecule has 1 aliphatic rings. The van der Waals surface area contributed by atoms with Gasteiger partial charge in [-0.05, 0) is 38.1 Å². The summed E-state index contributed by atoms with van der Waals surface area (Å²) in [4.78, 5) is 44.0. The number of anilines is 2. The van der Waals surface area contributed by atoms with Crippen LogP contribution in [-0.4, -0.2) is 48.3 Å². The van der Waals surface area contributed by atoms with E-state index in [9.17, 15) is 23.2 Å². The van der Waals surface area contributed by atoms with E-state index in [1.54, 1.807) is 40.0 Å². The molecule has 3 rings (SSSR count). The van der Waals surface area contributed by atoms with Crippen LogP contribution in [0.4, 0.5) is 25.1 Å². The molecule has 0 fully saturated rings. The number of ether oxygens (including phenoxy) is 1. The first-order valence-corrected chi connectivity index (χ1v) is 10.8. The number of carbonyl (C=O) groups is 3. The number of carbonyl (C=O) groups excluding carboxylic acids is 3. The first kappa shape index (κ1) is 25.0. The monoisotopic (exact) mass is 475 g/mol. The summed E-state index contributed by atoms with van der Waals surface area (Å²) < 4.78 is 32.4. The van der Waals surface area contributed by atoms with Gasteiger partial charge in [-0.3, -0.25) is 19.8 Å². The van der Waals surface area contributed by atoms with Gasteiger partial charge >= 0.3 is 6.09 Å². The van der Waals surface area contributed by atoms with Crippen LogP contribution in [0.3, 0.4) is 0 Å². The minimum absolute atomic E-state index is 0.137. The zero-order chi connectivity index (χ0) is 25.0. The molecule has 2 heterocycles. The number of hydrogen-bond acceptors (Lipinski definition) is 6. The molecule has 0 radical (unpaired) electrons. The molecule has 3 N–H and O–H groups in total. The Balaban J connectivity index is 1.83. The minimum Gasteiger partial charge on any atom is -0.424 e. The van der Waals surface area contributed by atoms with E-state index in [-0.39, 0.29) is 23.9 Å². The number of likely N-dealkylation sites (N-methyl/N-ethyl adjacent to an activating group) is 1. The van der Waals surface area contributed by atoms with E-state index in [2.05, 4.69) is 20.9 Å². The topological polar surface area (TPSA) is 113 Å². The van der Waals surface area contributed by atoms with Crippen LogP contribution in [0.5, 0.6) is 0 Å². The predicted octanol–water partition coefficient (Wildman–Crippen LogP) is 2.57. The second kappa shape index (κ2) is 10.6. The van der Waals surface area contributed by atoms with Crippen LogP contribution < -0.4 is 20.9 Å². The fraction of sp³-hybridized carbons (Fsp3) is 0.391. The van der Waals surface area contributed by atoms with E-state index in [1.807, 2.05) is 0 Å². The highest BCUT2D eigenvalue weighted by Crippen LogP contribution is 2.32. The SMILES string of the molecule is CN[C@@H](C)C(=O)N[C@H](C(=O)N1c2ncccc2C[C@@H]1OC(=O)Nc1cc(F)cc(F)c1)C(C)C. The van der Waals surface area contributed by atoms with Crippen LogP contribution in [0.1, 0.15) is 26.3 Å². The molecule has 2 aromatic rings. The van der Waals surface area contributed by atoms with Gasteiger partial charge < -0.3 is 15.4 Å². The molecule has 1 aromatic carbocycles. The largest absolute Gasteiger partial charge is 0.424 e. The number of pyridine rings is 1. The van der Waals surface area contributed by atoms with Crippen molar-refractivity contribution in [2.45, 2.75) is 45.5 Å². The molecule has 9 nitrogen and oxygen atoms in total. The molecule has 0 saturated carbocycles. The Bertz CT molecular complexity index is 1060. The highest BCUT2D eigenvalue weighted by atomic mass is 19.1. The predicted molar refractivity (Wildman–Crippen MR) is 121 cm³/mol. The molecule has 0 aliphatic carbocycles. The molecular weight excluding hydrogens is 448 g/mol. The van der Waals surface area contributed by atoms with Crippen molar-refractivity contribution < 1.29 is 27.9 Å². The summed E-state index contributed by atoms with van der Waals surface area (Å²) in [6, 6.07) is 4.54. The van der Waals surface area contributed by atoms with E-state index in [1.165, 1.54) is 11.1 Å². The highest BCUT2D eigenvalue weighted by molar-refractivity contribution is 6.01. The van der Waals surface area contributed by atoms with E-state index in [0.29, 0.717) is 17.4 Å². The molecule has 34 heavy (non-hydrogen) atoms. The van der Waals surface area contributed by atoms with Crippen molar-refractivity contribution in [2.75, 3.05) is 17.3 Å². The third-order valence-corrected chi connectivity index (χ3v) is 5.42. The van der Waals surface area contributed by atoms with Crippen LogP contribution >= 0.6 is 0 Å². The maximum absolute atomic E-state index is 13.6. The van der Waals surface area contributed by atoms with Gasteiger partial charge in [-0.15, -0.1) is 0 Å². The summed E-state index contributed by atoms with van der Waals surface area (Å²) in [7, 11) is 1.63. The number of nitrogens with one attached hydrogen (secondary N) is 3. The molecular formula is C23H27F2N5O4. The highest BCUT2D eigenvalue weighted by Gasteiger charge is 2.41. The molecule has 0 saturated heterocycles. The molecule has 182 valence electrons. The Labute approximate surface area is 195 Å². The lowest BCUT2D eigenvalue weighted by Gasteiger charge is -2.31. The van der Waals surface area contributed by atoms with E-state index in [4.69, 9.17) is 4.74 Å². The van der Waals surface area contributed by atoms with Gasteiger partial charge in [0.2, 0.25) is 5.91 Å². The second-order valence-electron chi connectivity index (χ2n) is 8.28. The number of nitrogens with zero attached hydrogens (tertiary/aromatic N) is 2. The maximum atomic E-state index is 13.6. The van der Waals surface area contributed by atoms with Crippen LogP contribution in [0.25, 0.3) is 0 Å². The normalized spacial score (nSPS) is 16.6. The fourth-order valence-corrected chi connectivity index (χ4v) is 3.53. The van der Waals surface area contributed by atoms with Crippen molar-refractivity contribution in [2.24, 2.45) is 5.92 Å². The van der Waals surface area contributed by atoms with Gasteiger partial charge in [-0.2, -0.15) is 0 Å². The minimum atomic E-state index is -1.07. The van der Waals surface area contributed by atoms with Gasteiger partial charge in [0.15, 0.2) is 6.23 Å². The molecule has 11 heteroatoms.